The van der Waals surface area contributed by atoms with Crippen LogP contribution in [0.2, 0.25) is 0 Å². The third kappa shape index (κ3) is 3.14. The highest BCUT2D eigenvalue weighted by molar-refractivity contribution is 9.10. The van der Waals surface area contributed by atoms with E-state index in [1.54, 1.807) is 12.1 Å². The van der Waals surface area contributed by atoms with Crippen LogP contribution in [0.1, 0.15) is 12.6 Å². The van der Waals surface area contributed by atoms with Crippen molar-refractivity contribution >= 4 is 39.5 Å². The lowest BCUT2D eigenvalue weighted by Gasteiger charge is -2.22. The Kier molecular flexibility index (Phi) is 4.54. The van der Waals surface area contributed by atoms with Crippen LogP contribution >= 0.6 is 28.1 Å². The SMILES string of the molecule is CCc1nc2ccc(Br)cn2c1N(C)Sn1cc(-c2ccc(F)cc2)[nH]1. The van der Waals surface area contributed by atoms with Crippen LogP contribution in [0, 0.1) is 5.82 Å². The Hall–Kier alpha value is -2.19. The molecule has 134 valence electrons. The summed E-state index contributed by atoms with van der Waals surface area (Å²) in [5.41, 5.74) is 3.88. The Morgan fingerprint density at radius 1 is 1.19 bits per heavy atom. The smallest absolute Gasteiger partial charge is 0.147 e. The van der Waals surface area contributed by atoms with E-state index in [0.29, 0.717) is 0 Å². The summed E-state index contributed by atoms with van der Waals surface area (Å²) in [7, 11) is 2.01. The van der Waals surface area contributed by atoms with Crippen molar-refractivity contribution in [2.75, 3.05) is 11.4 Å². The summed E-state index contributed by atoms with van der Waals surface area (Å²) in [6.45, 7) is 2.10. The van der Waals surface area contributed by atoms with Crippen molar-refractivity contribution in [1.29, 1.82) is 0 Å². The van der Waals surface area contributed by atoms with Crippen molar-refractivity contribution in [2.45, 2.75) is 13.3 Å². The second-order valence-electron chi connectivity index (χ2n) is 5.88. The minimum atomic E-state index is -0.231. The Morgan fingerprint density at radius 2 is 1.92 bits per heavy atom. The molecule has 26 heavy (non-hydrogen) atoms. The van der Waals surface area contributed by atoms with Crippen LogP contribution < -0.4 is 4.31 Å². The average Bonchev–Trinajstić information content (AvgIpc) is 2.96. The van der Waals surface area contributed by atoms with Crippen LogP contribution in [0.15, 0.2) is 53.3 Å². The van der Waals surface area contributed by atoms with Gasteiger partial charge < -0.3 is 0 Å². The molecule has 8 heteroatoms. The van der Waals surface area contributed by atoms with Gasteiger partial charge in [-0.2, -0.15) is 0 Å². The number of hydrogen-bond donors (Lipinski definition) is 1. The number of anilines is 1. The minimum absolute atomic E-state index is 0.231. The first kappa shape index (κ1) is 17.2. The van der Waals surface area contributed by atoms with Crippen LogP contribution in [-0.4, -0.2) is 25.6 Å². The maximum absolute atomic E-state index is 13.0. The number of aromatic nitrogens is 4. The number of benzene rings is 1. The van der Waals surface area contributed by atoms with E-state index in [4.69, 9.17) is 4.98 Å². The highest BCUT2D eigenvalue weighted by Crippen LogP contribution is 2.30. The zero-order valence-corrected chi connectivity index (χ0v) is 16.7. The molecule has 3 aromatic heterocycles. The van der Waals surface area contributed by atoms with Crippen molar-refractivity contribution in [3.05, 3.63) is 64.8 Å². The number of halogens is 2. The van der Waals surface area contributed by atoms with Crippen LogP contribution in [-0.2, 0) is 6.42 Å². The molecule has 0 unspecified atom stereocenters. The number of pyridine rings is 1. The van der Waals surface area contributed by atoms with Gasteiger partial charge >= 0.3 is 0 Å². The largest absolute Gasteiger partial charge is 0.285 e. The molecule has 5 nitrogen and oxygen atoms in total. The van der Waals surface area contributed by atoms with Crippen LogP contribution in [0.5, 0.6) is 0 Å². The van der Waals surface area contributed by atoms with E-state index >= 15 is 0 Å². The Bertz CT molecular complexity index is 1040. The van der Waals surface area contributed by atoms with Crippen LogP contribution in [0.4, 0.5) is 10.2 Å². The average molecular weight is 434 g/mol. The van der Waals surface area contributed by atoms with Gasteiger partial charge in [0.2, 0.25) is 0 Å². The summed E-state index contributed by atoms with van der Waals surface area (Å²) in [4.78, 5) is 4.71. The van der Waals surface area contributed by atoms with Crippen molar-refractivity contribution in [3.63, 3.8) is 0 Å². The molecule has 0 bridgehead atoms. The second kappa shape index (κ2) is 6.85. The van der Waals surface area contributed by atoms with E-state index in [-0.39, 0.29) is 5.82 Å². The minimum Gasteiger partial charge on any atom is -0.285 e. The number of hydrogen-bond acceptors (Lipinski definition) is 3. The normalized spacial score (nSPS) is 11.4. The number of aryl methyl sites for hydroxylation is 1. The molecule has 3 heterocycles. The molecule has 1 N–H and O–H groups in total. The molecule has 0 fully saturated rings. The Morgan fingerprint density at radius 3 is 2.62 bits per heavy atom. The molecule has 0 saturated heterocycles. The second-order valence-corrected chi connectivity index (χ2v) is 7.90. The van der Waals surface area contributed by atoms with Gasteiger partial charge in [-0.1, -0.05) is 6.92 Å². The fourth-order valence-corrected chi connectivity index (χ4v) is 4.00. The summed E-state index contributed by atoms with van der Waals surface area (Å²) in [6.07, 6.45) is 4.86. The quantitative estimate of drug-likeness (QED) is 0.442. The summed E-state index contributed by atoms with van der Waals surface area (Å²) in [5.74, 6) is 0.810. The standard InChI is InChI=1S/C18H17BrFN5S/c1-3-15-18(24-10-13(19)6-9-17(24)21-15)23(2)26-25-11-16(22-25)12-4-7-14(20)8-5-12/h4-11,22H,3H2,1-2H3. The first-order chi connectivity index (χ1) is 12.5. The molecule has 0 amide bonds. The number of rotatable bonds is 5. The van der Waals surface area contributed by atoms with Crippen molar-refractivity contribution in [2.24, 2.45) is 0 Å². The van der Waals surface area contributed by atoms with E-state index in [2.05, 4.69) is 36.7 Å². The van der Waals surface area contributed by atoms with Gasteiger partial charge in [0, 0.05) is 23.3 Å². The predicted molar refractivity (Wildman–Crippen MR) is 108 cm³/mol. The lowest BCUT2D eigenvalue weighted by molar-refractivity contribution is 0.628. The summed E-state index contributed by atoms with van der Waals surface area (Å²) in [5, 5.41) is 3.26. The molecule has 0 atom stereocenters. The van der Waals surface area contributed by atoms with Gasteiger partial charge in [-0.25, -0.2) is 13.5 Å². The highest BCUT2D eigenvalue weighted by atomic mass is 79.9. The van der Waals surface area contributed by atoms with Gasteiger partial charge in [0.25, 0.3) is 0 Å². The Labute approximate surface area is 163 Å². The highest BCUT2D eigenvalue weighted by Gasteiger charge is 2.17. The zero-order chi connectivity index (χ0) is 18.3. The number of H-pyrrole nitrogens is 1. The Balaban J connectivity index is 1.58. The molecule has 0 aliphatic heterocycles. The molecule has 0 saturated carbocycles. The number of nitrogens with one attached hydrogen (secondary N) is 1. The third-order valence-corrected chi connectivity index (χ3v) is 5.36. The van der Waals surface area contributed by atoms with Crippen molar-refractivity contribution in [3.8, 4) is 11.3 Å². The van der Waals surface area contributed by atoms with Gasteiger partial charge in [-0.3, -0.25) is 13.8 Å². The summed E-state index contributed by atoms with van der Waals surface area (Å²) < 4.78 is 20.1. The van der Waals surface area contributed by atoms with Crippen molar-refractivity contribution < 1.29 is 4.39 Å². The summed E-state index contributed by atoms with van der Waals surface area (Å²) >= 11 is 5.05. The topological polar surface area (TPSA) is 41.3 Å². The molecule has 4 rings (SSSR count). The molecule has 4 aromatic rings. The number of fused-ring (bicyclic) bond motifs is 1. The maximum Gasteiger partial charge on any atom is 0.147 e. The molecular weight excluding hydrogens is 417 g/mol. The predicted octanol–water partition coefficient (Wildman–Crippen LogP) is 5.14. The van der Waals surface area contributed by atoms with E-state index in [1.807, 2.05) is 35.7 Å². The van der Waals surface area contributed by atoms with Gasteiger partial charge in [0.1, 0.15) is 17.3 Å². The van der Waals surface area contributed by atoms with Crippen LogP contribution in [0.25, 0.3) is 16.9 Å². The molecular formula is C18H17BrFN5S. The first-order valence-electron chi connectivity index (χ1n) is 8.17. The van der Waals surface area contributed by atoms with E-state index in [9.17, 15) is 4.39 Å². The van der Waals surface area contributed by atoms with E-state index < -0.39 is 0 Å². The first-order valence-corrected chi connectivity index (χ1v) is 9.69. The van der Waals surface area contributed by atoms with Gasteiger partial charge in [-0.15, -0.1) is 0 Å². The van der Waals surface area contributed by atoms with Crippen LogP contribution in [0.3, 0.4) is 0 Å². The van der Waals surface area contributed by atoms with Gasteiger partial charge in [0.05, 0.1) is 29.7 Å². The lowest BCUT2D eigenvalue weighted by atomic mass is 10.1. The summed E-state index contributed by atoms with van der Waals surface area (Å²) in [6, 6.07) is 10.4. The molecule has 0 radical (unpaired) electrons. The monoisotopic (exact) mass is 433 g/mol. The van der Waals surface area contributed by atoms with Gasteiger partial charge in [0.15, 0.2) is 0 Å². The van der Waals surface area contributed by atoms with E-state index in [1.165, 1.54) is 24.3 Å². The van der Waals surface area contributed by atoms with Gasteiger partial charge in [-0.05, 0) is 58.7 Å². The number of imidazole rings is 1. The molecule has 0 spiro atoms. The molecule has 0 aliphatic carbocycles. The fraction of sp³-hybridized carbons (Fsp3) is 0.167. The number of nitrogens with zero attached hydrogens (tertiary/aromatic N) is 4. The fourth-order valence-electron chi connectivity index (χ4n) is 2.84. The third-order valence-electron chi connectivity index (χ3n) is 4.10. The van der Waals surface area contributed by atoms with Crippen molar-refractivity contribution in [1.82, 2.24) is 18.6 Å². The molecule has 0 aliphatic rings. The maximum atomic E-state index is 13.0. The van der Waals surface area contributed by atoms with E-state index in [0.717, 1.165) is 39.3 Å². The molecule has 1 aromatic carbocycles. The lowest BCUT2D eigenvalue weighted by Crippen LogP contribution is -2.17. The number of aromatic amines is 1. The zero-order valence-electron chi connectivity index (χ0n) is 14.3.